The highest BCUT2D eigenvalue weighted by molar-refractivity contribution is 5.96. The van der Waals surface area contributed by atoms with Gasteiger partial charge in [-0.05, 0) is 88.5 Å². The molecule has 0 spiro atoms. The third-order valence-corrected chi connectivity index (χ3v) is 8.69. The molecule has 0 aromatic carbocycles. The fourth-order valence-corrected chi connectivity index (χ4v) is 6.87. The van der Waals surface area contributed by atoms with Crippen LogP contribution < -0.4 is 20.7 Å². The standard InChI is InChI=1S/C28H43N5O3/c1-17(2)16-36-26-23(25(34)32-24-20-10-18-9-19(12-20)13-21(24)11-18)15-30-33(26)8-6-28(3,4)27(35)31-22-5-7-29-14-22/h6,8,15,17-22,24,29H,5,7,9-14,16H2,1-4H3,(H,31,35)(H,32,34)/t18?,19?,20?,21?,22-,24?/m1/s1. The van der Waals surface area contributed by atoms with Crippen molar-refractivity contribution in [3.8, 4) is 5.88 Å². The number of ether oxygens (including phenoxy) is 1. The van der Waals surface area contributed by atoms with Crippen LogP contribution in [-0.4, -0.2) is 53.4 Å². The summed E-state index contributed by atoms with van der Waals surface area (Å²) in [6.45, 7) is 10.2. The van der Waals surface area contributed by atoms with E-state index >= 15 is 0 Å². The summed E-state index contributed by atoms with van der Waals surface area (Å²) in [5, 5.41) is 14.3. The molecular weight excluding hydrogens is 454 g/mol. The van der Waals surface area contributed by atoms with Gasteiger partial charge in [0.05, 0.1) is 18.2 Å². The molecule has 0 radical (unpaired) electrons. The topological polar surface area (TPSA) is 97.3 Å². The van der Waals surface area contributed by atoms with Crippen LogP contribution in [0.5, 0.6) is 5.88 Å². The first-order valence-corrected chi connectivity index (χ1v) is 13.9. The average Bonchev–Trinajstić information content (AvgIpc) is 3.48. The molecule has 198 valence electrons. The van der Waals surface area contributed by atoms with Gasteiger partial charge < -0.3 is 20.7 Å². The van der Waals surface area contributed by atoms with Crippen LogP contribution in [0.2, 0.25) is 0 Å². The monoisotopic (exact) mass is 497 g/mol. The molecule has 6 rings (SSSR count). The number of carbonyl (C=O) groups excluding carboxylic acids is 2. The van der Waals surface area contributed by atoms with Crippen molar-refractivity contribution in [2.75, 3.05) is 19.7 Å². The highest BCUT2D eigenvalue weighted by atomic mass is 16.5. The second-order valence-electron chi connectivity index (χ2n) is 12.6. The van der Waals surface area contributed by atoms with Gasteiger partial charge in [0, 0.05) is 24.8 Å². The first-order chi connectivity index (χ1) is 17.2. The summed E-state index contributed by atoms with van der Waals surface area (Å²) in [6.07, 6.45) is 12.5. The van der Waals surface area contributed by atoms with Crippen molar-refractivity contribution in [3.63, 3.8) is 0 Å². The minimum Gasteiger partial charge on any atom is -0.477 e. The summed E-state index contributed by atoms with van der Waals surface area (Å²) in [4.78, 5) is 26.4. The maximum Gasteiger partial charge on any atom is 0.258 e. The number of nitrogens with zero attached hydrogens (tertiary/aromatic N) is 2. The third-order valence-electron chi connectivity index (χ3n) is 8.69. The normalized spacial score (nSPS) is 31.4. The molecule has 5 fully saturated rings. The molecule has 1 aromatic heterocycles. The van der Waals surface area contributed by atoms with Crippen molar-refractivity contribution in [1.82, 2.24) is 25.7 Å². The van der Waals surface area contributed by atoms with Gasteiger partial charge in [0.15, 0.2) is 0 Å². The van der Waals surface area contributed by atoms with Crippen molar-refractivity contribution in [3.05, 3.63) is 17.8 Å². The Morgan fingerprint density at radius 2 is 1.86 bits per heavy atom. The molecule has 3 N–H and O–H groups in total. The third kappa shape index (κ3) is 5.34. The zero-order valence-corrected chi connectivity index (χ0v) is 22.3. The lowest BCUT2D eigenvalue weighted by molar-refractivity contribution is -0.127. The molecule has 4 bridgehead atoms. The Labute approximate surface area is 215 Å². The Bertz CT molecular complexity index is 963. The van der Waals surface area contributed by atoms with E-state index < -0.39 is 5.41 Å². The summed E-state index contributed by atoms with van der Waals surface area (Å²) in [5.74, 6) is 3.56. The number of aromatic nitrogens is 2. The van der Waals surface area contributed by atoms with Gasteiger partial charge in [0.2, 0.25) is 11.8 Å². The number of amides is 2. The largest absolute Gasteiger partial charge is 0.477 e. The lowest BCUT2D eigenvalue weighted by Crippen LogP contribution is -2.55. The number of hydrogen-bond acceptors (Lipinski definition) is 5. The van der Waals surface area contributed by atoms with E-state index in [1.807, 2.05) is 19.9 Å². The van der Waals surface area contributed by atoms with E-state index in [4.69, 9.17) is 4.74 Å². The number of nitrogens with one attached hydrogen (secondary N) is 3. The molecule has 1 atom stereocenters. The Balaban J connectivity index is 1.30. The average molecular weight is 498 g/mol. The predicted octanol–water partition coefficient (Wildman–Crippen LogP) is 3.45. The maximum atomic E-state index is 13.5. The first-order valence-electron chi connectivity index (χ1n) is 13.9. The highest BCUT2D eigenvalue weighted by Gasteiger charge is 2.48. The molecule has 2 heterocycles. The quantitative estimate of drug-likeness (QED) is 0.486. The maximum absolute atomic E-state index is 13.5. The minimum atomic E-state index is -0.729. The van der Waals surface area contributed by atoms with Crippen molar-refractivity contribution in [2.24, 2.45) is 35.0 Å². The highest BCUT2D eigenvalue weighted by Crippen LogP contribution is 2.53. The molecule has 4 aliphatic carbocycles. The van der Waals surface area contributed by atoms with Gasteiger partial charge in [-0.2, -0.15) is 5.10 Å². The van der Waals surface area contributed by atoms with Crippen LogP contribution in [0.3, 0.4) is 0 Å². The van der Waals surface area contributed by atoms with Crippen molar-refractivity contribution >= 4 is 18.0 Å². The Morgan fingerprint density at radius 3 is 2.47 bits per heavy atom. The fraction of sp³-hybridized carbons (Fsp3) is 0.750. The molecule has 5 aliphatic rings. The van der Waals surface area contributed by atoms with E-state index in [2.05, 4.69) is 34.9 Å². The number of hydrogen-bond donors (Lipinski definition) is 3. The van der Waals surface area contributed by atoms with Crippen LogP contribution in [-0.2, 0) is 4.79 Å². The van der Waals surface area contributed by atoms with E-state index in [0.717, 1.165) is 31.3 Å². The Hall–Kier alpha value is -2.35. The van der Waals surface area contributed by atoms with E-state index in [-0.39, 0.29) is 23.9 Å². The van der Waals surface area contributed by atoms with Crippen LogP contribution in [0.15, 0.2) is 12.3 Å². The van der Waals surface area contributed by atoms with Crippen LogP contribution in [0, 0.1) is 35.0 Å². The summed E-state index contributed by atoms with van der Waals surface area (Å²) in [6, 6.07) is 0.426. The lowest BCUT2D eigenvalue weighted by Gasteiger charge is -2.54. The summed E-state index contributed by atoms with van der Waals surface area (Å²) < 4.78 is 7.71. The van der Waals surface area contributed by atoms with Gasteiger partial charge in [-0.15, -0.1) is 0 Å². The Morgan fingerprint density at radius 1 is 1.17 bits per heavy atom. The zero-order valence-electron chi connectivity index (χ0n) is 22.3. The van der Waals surface area contributed by atoms with Crippen LogP contribution >= 0.6 is 0 Å². The molecule has 8 nitrogen and oxygen atoms in total. The molecule has 1 aromatic rings. The summed E-state index contributed by atoms with van der Waals surface area (Å²) >= 11 is 0. The van der Waals surface area contributed by atoms with Gasteiger partial charge >= 0.3 is 0 Å². The van der Waals surface area contributed by atoms with Gasteiger partial charge in [-0.1, -0.05) is 19.9 Å². The number of carbonyl (C=O) groups is 2. The predicted molar refractivity (Wildman–Crippen MR) is 139 cm³/mol. The molecule has 2 amide bonds. The minimum absolute atomic E-state index is 0.0240. The lowest BCUT2D eigenvalue weighted by atomic mass is 9.54. The smallest absolute Gasteiger partial charge is 0.258 e. The Kier molecular flexibility index (Phi) is 7.16. The fourth-order valence-electron chi connectivity index (χ4n) is 6.87. The zero-order chi connectivity index (χ0) is 25.4. The second-order valence-corrected chi connectivity index (χ2v) is 12.6. The van der Waals surface area contributed by atoms with E-state index in [1.54, 1.807) is 17.1 Å². The van der Waals surface area contributed by atoms with E-state index in [1.165, 1.54) is 32.1 Å². The van der Waals surface area contributed by atoms with Gasteiger partial charge in [-0.3, -0.25) is 9.59 Å². The molecule has 4 saturated carbocycles. The number of rotatable bonds is 9. The molecule has 8 heteroatoms. The van der Waals surface area contributed by atoms with Crippen molar-refractivity contribution in [1.29, 1.82) is 0 Å². The summed E-state index contributed by atoms with van der Waals surface area (Å²) in [7, 11) is 0. The van der Waals surface area contributed by atoms with Crippen LogP contribution in [0.4, 0.5) is 0 Å². The summed E-state index contributed by atoms with van der Waals surface area (Å²) in [5.41, 5.74) is -0.263. The van der Waals surface area contributed by atoms with Crippen molar-refractivity contribution < 1.29 is 14.3 Å². The molecule has 0 unspecified atom stereocenters. The van der Waals surface area contributed by atoms with Gasteiger partial charge in [-0.25, -0.2) is 4.68 Å². The second kappa shape index (κ2) is 10.2. The van der Waals surface area contributed by atoms with Gasteiger partial charge in [0.1, 0.15) is 5.56 Å². The SMILES string of the molecule is CC(C)COc1c(C(=O)NC2C3CC4CC(C3)CC2C4)cnn1C=CC(C)(C)C(=O)N[C@@H]1CCNC1. The van der Waals surface area contributed by atoms with Gasteiger partial charge in [0.25, 0.3) is 5.91 Å². The molecule has 1 aliphatic heterocycles. The van der Waals surface area contributed by atoms with E-state index in [0.29, 0.717) is 35.8 Å². The molecular formula is C28H43N5O3. The molecule has 1 saturated heterocycles. The van der Waals surface area contributed by atoms with Crippen LogP contribution in [0.1, 0.15) is 76.6 Å². The van der Waals surface area contributed by atoms with E-state index in [9.17, 15) is 9.59 Å². The van der Waals surface area contributed by atoms with Crippen molar-refractivity contribution in [2.45, 2.75) is 78.3 Å². The first kappa shape index (κ1) is 25.3. The van der Waals surface area contributed by atoms with Crippen LogP contribution in [0.25, 0.3) is 6.20 Å². The molecule has 36 heavy (non-hydrogen) atoms.